The number of hydrogen-bond donors (Lipinski definition) is 1. The number of hydrogen-bond acceptors (Lipinski definition) is 3. The van der Waals surface area contributed by atoms with Crippen molar-refractivity contribution >= 4 is 50.2 Å². The van der Waals surface area contributed by atoms with E-state index in [1.54, 1.807) is 0 Å². The minimum Gasteiger partial charge on any atom is -0.457 e. The largest absolute Gasteiger partial charge is 0.457 e. The maximum Gasteiger partial charge on any atom is 0.129 e. The first-order chi connectivity index (χ1) is 13.1. The molecule has 0 aliphatic carbocycles. The van der Waals surface area contributed by atoms with Crippen LogP contribution in [0.2, 0.25) is 0 Å². The summed E-state index contributed by atoms with van der Waals surface area (Å²) in [5.41, 5.74) is 4.86. The monoisotopic (exact) mass is 436 g/mol. The standard InChI is InChI=1S/C22H17BrN2OS/c1-14-3-2-4-17(11-14)26-18-9-10-19-21(12-18)24-20(13-22(27)25-19)15-5-7-16(23)8-6-15/h2-12H,13H2,1H3,(H,25,27). The number of rotatable bonds is 3. The molecule has 1 aliphatic rings. The fourth-order valence-corrected chi connectivity index (χ4v) is 3.44. The van der Waals surface area contributed by atoms with Crippen molar-refractivity contribution < 1.29 is 4.74 Å². The van der Waals surface area contributed by atoms with Gasteiger partial charge in [0.15, 0.2) is 0 Å². The first-order valence-corrected chi connectivity index (χ1v) is 9.79. The van der Waals surface area contributed by atoms with Gasteiger partial charge in [-0.2, -0.15) is 0 Å². The predicted molar refractivity (Wildman–Crippen MR) is 119 cm³/mol. The average Bonchev–Trinajstić information content (AvgIpc) is 2.80. The minimum atomic E-state index is 0.597. The Morgan fingerprint density at radius 3 is 2.56 bits per heavy atom. The molecule has 1 heterocycles. The summed E-state index contributed by atoms with van der Waals surface area (Å²) in [5, 5.41) is 3.29. The van der Waals surface area contributed by atoms with E-state index in [1.807, 2.05) is 73.7 Å². The lowest BCUT2D eigenvalue weighted by Crippen LogP contribution is -2.12. The fourth-order valence-electron chi connectivity index (χ4n) is 2.93. The quantitative estimate of drug-likeness (QED) is 0.457. The smallest absolute Gasteiger partial charge is 0.129 e. The Balaban J connectivity index is 1.71. The van der Waals surface area contributed by atoms with Crippen molar-refractivity contribution in [2.75, 3.05) is 5.32 Å². The van der Waals surface area contributed by atoms with Gasteiger partial charge in [-0.05, 0) is 54.4 Å². The zero-order chi connectivity index (χ0) is 18.8. The third kappa shape index (κ3) is 4.26. The van der Waals surface area contributed by atoms with Crippen LogP contribution >= 0.6 is 28.1 Å². The summed E-state index contributed by atoms with van der Waals surface area (Å²) in [6.45, 7) is 2.05. The fraction of sp³-hybridized carbons (Fsp3) is 0.0909. The van der Waals surface area contributed by atoms with Crippen LogP contribution in [0.4, 0.5) is 11.4 Å². The third-order valence-electron chi connectivity index (χ3n) is 4.23. The van der Waals surface area contributed by atoms with Gasteiger partial charge in [0.1, 0.15) is 11.5 Å². The molecule has 0 aromatic heterocycles. The van der Waals surface area contributed by atoms with Crippen molar-refractivity contribution in [1.82, 2.24) is 0 Å². The number of aryl methyl sites for hydroxylation is 1. The summed E-state index contributed by atoms with van der Waals surface area (Å²) in [5.74, 6) is 1.55. The van der Waals surface area contributed by atoms with Crippen LogP contribution in [0.15, 0.2) is 76.2 Å². The van der Waals surface area contributed by atoms with E-state index in [0.29, 0.717) is 6.42 Å². The molecule has 0 atom stereocenters. The highest BCUT2D eigenvalue weighted by Crippen LogP contribution is 2.35. The summed E-state index contributed by atoms with van der Waals surface area (Å²) in [7, 11) is 0. The zero-order valence-corrected chi connectivity index (χ0v) is 17.1. The van der Waals surface area contributed by atoms with Gasteiger partial charge in [-0.25, -0.2) is 0 Å². The molecule has 1 N–H and O–H groups in total. The molecule has 1 aliphatic heterocycles. The summed E-state index contributed by atoms with van der Waals surface area (Å²) >= 11 is 8.97. The molecule has 0 unspecified atom stereocenters. The van der Waals surface area contributed by atoms with E-state index in [-0.39, 0.29) is 0 Å². The molecule has 3 aromatic rings. The number of fused-ring (bicyclic) bond motifs is 1. The molecule has 0 bridgehead atoms. The Morgan fingerprint density at radius 1 is 1.00 bits per heavy atom. The van der Waals surface area contributed by atoms with Gasteiger partial charge in [-0.3, -0.25) is 4.99 Å². The number of ether oxygens (including phenoxy) is 1. The molecule has 134 valence electrons. The van der Waals surface area contributed by atoms with Crippen LogP contribution in [0.25, 0.3) is 0 Å². The van der Waals surface area contributed by atoms with Gasteiger partial charge in [0.05, 0.1) is 22.1 Å². The second-order valence-corrected chi connectivity index (χ2v) is 7.80. The molecule has 5 heteroatoms. The molecule has 4 rings (SSSR count). The lowest BCUT2D eigenvalue weighted by atomic mass is 10.1. The van der Waals surface area contributed by atoms with Gasteiger partial charge in [0, 0.05) is 17.0 Å². The second-order valence-electron chi connectivity index (χ2n) is 6.39. The Hall–Kier alpha value is -2.50. The maximum atomic E-state index is 6.01. The van der Waals surface area contributed by atoms with Gasteiger partial charge >= 0.3 is 0 Å². The predicted octanol–water partition coefficient (Wildman–Crippen LogP) is 6.81. The molecule has 3 aromatic carbocycles. The molecule has 0 fully saturated rings. The number of aliphatic imine (C=N–C) groups is 1. The molecule has 0 radical (unpaired) electrons. The van der Waals surface area contributed by atoms with E-state index in [1.165, 1.54) is 0 Å². The highest BCUT2D eigenvalue weighted by Gasteiger charge is 2.16. The maximum absolute atomic E-state index is 6.01. The zero-order valence-electron chi connectivity index (χ0n) is 14.7. The highest BCUT2D eigenvalue weighted by molar-refractivity contribution is 9.10. The van der Waals surface area contributed by atoms with Crippen LogP contribution in [0.1, 0.15) is 17.5 Å². The summed E-state index contributed by atoms with van der Waals surface area (Å²) in [6.07, 6.45) is 0.597. The Kier molecular flexibility index (Phi) is 5.05. The van der Waals surface area contributed by atoms with Crippen molar-refractivity contribution in [3.8, 4) is 11.5 Å². The van der Waals surface area contributed by atoms with Crippen molar-refractivity contribution in [3.63, 3.8) is 0 Å². The van der Waals surface area contributed by atoms with Gasteiger partial charge in [0.25, 0.3) is 0 Å². The van der Waals surface area contributed by atoms with Crippen molar-refractivity contribution in [3.05, 3.63) is 82.3 Å². The van der Waals surface area contributed by atoms with E-state index in [4.69, 9.17) is 21.9 Å². The van der Waals surface area contributed by atoms with Gasteiger partial charge in [0.2, 0.25) is 0 Å². The Labute approximate surface area is 172 Å². The third-order valence-corrected chi connectivity index (χ3v) is 5.00. The number of nitrogens with one attached hydrogen (secondary N) is 1. The molecule has 0 saturated heterocycles. The summed E-state index contributed by atoms with van der Waals surface area (Å²) in [4.78, 5) is 5.63. The van der Waals surface area contributed by atoms with E-state index in [0.717, 1.165) is 49.2 Å². The second kappa shape index (κ2) is 7.62. The van der Waals surface area contributed by atoms with Crippen LogP contribution in [0.5, 0.6) is 11.5 Å². The van der Waals surface area contributed by atoms with Crippen molar-refractivity contribution in [1.29, 1.82) is 0 Å². The Bertz CT molecular complexity index is 1040. The van der Waals surface area contributed by atoms with Crippen molar-refractivity contribution in [2.24, 2.45) is 4.99 Å². The number of nitrogens with zero attached hydrogens (tertiary/aromatic N) is 1. The van der Waals surface area contributed by atoms with E-state index >= 15 is 0 Å². The topological polar surface area (TPSA) is 33.6 Å². The number of thiocarbonyl (C=S) groups is 1. The first kappa shape index (κ1) is 17.9. The molecule has 0 amide bonds. The van der Waals surface area contributed by atoms with Crippen molar-refractivity contribution in [2.45, 2.75) is 13.3 Å². The van der Waals surface area contributed by atoms with Gasteiger partial charge < -0.3 is 10.1 Å². The number of halogens is 1. The number of anilines is 1. The molecule has 0 spiro atoms. The minimum absolute atomic E-state index is 0.597. The average molecular weight is 437 g/mol. The molecular weight excluding hydrogens is 420 g/mol. The SMILES string of the molecule is Cc1cccc(Oc2ccc3c(c2)N=C(c2ccc(Br)cc2)CC(=S)N3)c1. The van der Waals surface area contributed by atoms with E-state index < -0.39 is 0 Å². The van der Waals surface area contributed by atoms with Crippen LogP contribution in [-0.2, 0) is 0 Å². The van der Waals surface area contributed by atoms with Crippen LogP contribution in [-0.4, -0.2) is 10.7 Å². The van der Waals surface area contributed by atoms with Crippen LogP contribution < -0.4 is 10.1 Å². The van der Waals surface area contributed by atoms with Crippen LogP contribution in [0.3, 0.4) is 0 Å². The summed E-state index contributed by atoms with van der Waals surface area (Å²) in [6, 6.07) is 21.9. The van der Waals surface area contributed by atoms with E-state index in [9.17, 15) is 0 Å². The molecular formula is C22H17BrN2OS. The van der Waals surface area contributed by atoms with Crippen LogP contribution in [0, 0.1) is 6.92 Å². The molecule has 3 nitrogen and oxygen atoms in total. The Morgan fingerprint density at radius 2 is 1.78 bits per heavy atom. The lowest BCUT2D eigenvalue weighted by Gasteiger charge is -2.10. The molecule has 0 saturated carbocycles. The van der Waals surface area contributed by atoms with E-state index in [2.05, 4.69) is 21.2 Å². The normalized spacial score (nSPS) is 13.3. The van der Waals surface area contributed by atoms with Gasteiger partial charge in [-0.15, -0.1) is 0 Å². The first-order valence-electron chi connectivity index (χ1n) is 8.59. The highest BCUT2D eigenvalue weighted by atomic mass is 79.9. The lowest BCUT2D eigenvalue weighted by molar-refractivity contribution is 0.482. The number of benzene rings is 3. The molecule has 27 heavy (non-hydrogen) atoms. The summed E-state index contributed by atoms with van der Waals surface area (Å²) < 4.78 is 7.05. The van der Waals surface area contributed by atoms with Gasteiger partial charge in [-0.1, -0.05) is 52.4 Å².